The van der Waals surface area contributed by atoms with Crippen LogP contribution in [0.15, 0.2) is 53.7 Å². The molecule has 2 aromatic rings. The Kier molecular flexibility index (Phi) is 4.93. The smallest absolute Gasteiger partial charge is 0.128 e. The van der Waals surface area contributed by atoms with E-state index in [-0.39, 0.29) is 0 Å². The number of hydrogen-bond donors (Lipinski definition) is 1. The second-order valence-electron chi connectivity index (χ2n) is 6.57. The van der Waals surface area contributed by atoms with Crippen molar-refractivity contribution >= 4 is 17.2 Å². The van der Waals surface area contributed by atoms with Gasteiger partial charge in [-0.15, -0.1) is 0 Å². The summed E-state index contributed by atoms with van der Waals surface area (Å²) < 4.78 is 0. The van der Waals surface area contributed by atoms with E-state index in [0.717, 1.165) is 58.1 Å². The number of aliphatic imine (C=N–C) groups is 1. The van der Waals surface area contributed by atoms with Gasteiger partial charge in [0.1, 0.15) is 5.82 Å². The van der Waals surface area contributed by atoms with Crippen LogP contribution in [-0.2, 0) is 0 Å². The average molecular weight is 335 g/mol. The Morgan fingerprint density at radius 2 is 1.84 bits per heavy atom. The first-order valence-electron chi connectivity index (χ1n) is 9.15. The molecular weight excluding hydrogens is 310 g/mol. The van der Waals surface area contributed by atoms with E-state index < -0.39 is 0 Å². The third-order valence-electron chi connectivity index (χ3n) is 4.98. The van der Waals surface area contributed by atoms with E-state index in [1.807, 2.05) is 12.3 Å². The fourth-order valence-electron chi connectivity index (χ4n) is 3.57. The van der Waals surface area contributed by atoms with Crippen molar-refractivity contribution in [2.45, 2.75) is 6.42 Å². The lowest BCUT2D eigenvalue weighted by molar-refractivity contribution is 0.264. The molecule has 1 aromatic carbocycles. The molecule has 3 heterocycles. The molecule has 5 nitrogen and oxygen atoms in total. The van der Waals surface area contributed by atoms with E-state index in [1.54, 1.807) is 0 Å². The molecule has 5 heteroatoms. The first-order valence-corrected chi connectivity index (χ1v) is 9.15. The minimum Gasteiger partial charge on any atom is -0.384 e. The van der Waals surface area contributed by atoms with Gasteiger partial charge in [-0.25, -0.2) is 4.98 Å². The highest BCUT2D eigenvalue weighted by atomic mass is 15.3. The Hall–Kier alpha value is -2.40. The summed E-state index contributed by atoms with van der Waals surface area (Å²) in [5, 5.41) is 3.45. The fourth-order valence-corrected chi connectivity index (χ4v) is 3.57. The highest BCUT2D eigenvalue weighted by Gasteiger charge is 2.18. The van der Waals surface area contributed by atoms with Gasteiger partial charge in [-0.05, 0) is 18.2 Å². The Labute approximate surface area is 149 Å². The molecule has 0 aliphatic carbocycles. The quantitative estimate of drug-likeness (QED) is 0.932. The number of para-hydroxylation sites is 1. The van der Waals surface area contributed by atoms with Crippen molar-refractivity contribution in [3.8, 4) is 0 Å². The molecule has 0 radical (unpaired) electrons. The van der Waals surface area contributed by atoms with Gasteiger partial charge in [0.15, 0.2) is 0 Å². The van der Waals surface area contributed by atoms with Gasteiger partial charge >= 0.3 is 0 Å². The monoisotopic (exact) mass is 335 g/mol. The molecule has 0 unspecified atom stereocenters. The van der Waals surface area contributed by atoms with Crippen LogP contribution >= 0.6 is 0 Å². The zero-order valence-electron chi connectivity index (χ0n) is 14.6. The number of aromatic nitrogens is 1. The van der Waals surface area contributed by atoms with Gasteiger partial charge < -0.3 is 10.2 Å². The number of hydrogen-bond acceptors (Lipinski definition) is 5. The minimum atomic E-state index is 0.882. The van der Waals surface area contributed by atoms with Crippen molar-refractivity contribution in [3.63, 3.8) is 0 Å². The summed E-state index contributed by atoms with van der Waals surface area (Å²) in [5.41, 5.74) is 3.74. The summed E-state index contributed by atoms with van der Waals surface area (Å²) in [6, 6.07) is 14.6. The summed E-state index contributed by atoms with van der Waals surface area (Å²) in [4.78, 5) is 14.2. The molecule has 0 bridgehead atoms. The van der Waals surface area contributed by atoms with Gasteiger partial charge in [-0.2, -0.15) is 0 Å². The number of benzene rings is 1. The number of pyridine rings is 1. The minimum absolute atomic E-state index is 0.882. The first kappa shape index (κ1) is 16.1. The van der Waals surface area contributed by atoms with E-state index >= 15 is 0 Å². The molecule has 1 aromatic heterocycles. The lowest BCUT2D eigenvalue weighted by Gasteiger charge is -2.35. The number of piperazine rings is 1. The van der Waals surface area contributed by atoms with Gasteiger partial charge in [0.05, 0.1) is 6.54 Å². The van der Waals surface area contributed by atoms with E-state index in [4.69, 9.17) is 4.99 Å². The van der Waals surface area contributed by atoms with Gasteiger partial charge in [0.25, 0.3) is 0 Å². The molecule has 2 aliphatic rings. The first-order chi connectivity index (χ1) is 12.4. The lowest BCUT2D eigenvalue weighted by Crippen LogP contribution is -2.47. The molecule has 2 aliphatic heterocycles. The number of nitrogens with one attached hydrogen (secondary N) is 1. The van der Waals surface area contributed by atoms with Crippen LogP contribution in [0, 0.1) is 0 Å². The maximum atomic E-state index is 4.90. The molecule has 130 valence electrons. The van der Waals surface area contributed by atoms with Crippen molar-refractivity contribution in [2.24, 2.45) is 4.99 Å². The summed E-state index contributed by atoms with van der Waals surface area (Å²) in [6.07, 6.45) is 2.89. The van der Waals surface area contributed by atoms with Crippen LogP contribution in [0.5, 0.6) is 0 Å². The zero-order valence-corrected chi connectivity index (χ0v) is 14.6. The topological polar surface area (TPSA) is 43.8 Å². The number of nitrogens with zero attached hydrogens (tertiary/aromatic N) is 4. The third kappa shape index (κ3) is 3.82. The molecule has 1 N–H and O–H groups in total. The van der Waals surface area contributed by atoms with Gasteiger partial charge in [0.2, 0.25) is 0 Å². The predicted octanol–water partition coefficient (Wildman–Crippen LogP) is 2.51. The molecule has 0 saturated carbocycles. The van der Waals surface area contributed by atoms with Gasteiger partial charge in [-0.3, -0.25) is 9.89 Å². The Bertz CT molecular complexity index is 720. The second-order valence-corrected chi connectivity index (χ2v) is 6.57. The molecule has 1 saturated heterocycles. The summed E-state index contributed by atoms with van der Waals surface area (Å²) in [7, 11) is 0. The fraction of sp³-hybridized carbons (Fsp3) is 0.400. The summed E-state index contributed by atoms with van der Waals surface area (Å²) in [5.74, 6) is 1.09. The van der Waals surface area contributed by atoms with Crippen molar-refractivity contribution in [1.29, 1.82) is 0 Å². The Morgan fingerprint density at radius 3 is 2.68 bits per heavy atom. The van der Waals surface area contributed by atoms with Crippen molar-refractivity contribution in [1.82, 2.24) is 9.88 Å². The lowest BCUT2D eigenvalue weighted by atomic mass is 10.0. The molecular formula is C20H25N5. The largest absolute Gasteiger partial charge is 0.384 e. The average Bonchev–Trinajstić information content (AvgIpc) is 2.69. The molecule has 0 spiro atoms. The van der Waals surface area contributed by atoms with E-state index in [0.29, 0.717) is 0 Å². The Morgan fingerprint density at radius 1 is 1.00 bits per heavy atom. The van der Waals surface area contributed by atoms with E-state index in [2.05, 4.69) is 56.5 Å². The molecule has 25 heavy (non-hydrogen) atoms. The highest BCUT2D eigenvalue weighted by molar-refractivity contribution is 6.06. The standard InChI is InChI=1S/C20H25N5/c1-2-6-18-17(5-1)19(8-10-21-18)22-11-12-24-13-15-25(16-14-24)20-7-3-4-9-23-20/h1-7,9,21H,8,10-16H2. The van der Waals surface area contributed by atoms with Crippen LogP contribution in [0.25, 0.3) is 0 Å². The van der Waals surface area contributed by atoms with Crippen LogP contribution in [-0.4, -0.2) is 61.4 Å². The van der Waals surface area contributed by atoms with Crippen LogP contribution in [0.3, 0.4) is 0 Å². The zero-order chi connectivity index (χ0) is 16.9. The second kappa shape index (κ2) is 7.66. The van der Waals surface area contributed by atoms with Gasteiger partial charge in [-0.1, -0.05) is 24.3 Å². The van der Waals surface area contributed by atoms with E-state index in [9.17, 15) is 0 Å². The number of rotatable bonds is 4. The third-order valence-corrected chi connectivity index (χ3v) is 4.98. The Balaban J connectivity index is 1.29. The van der Waals surface area contributed by atoms with Crippen molar-refractivity contribution < 1.29 is 0 Å². The van der Waals surface area contributed by atoms with Gasteiger partial charge in [0, 0.05) is 68.8 Å². The molecule has 0 atom stereocenters. The number of fused-ring (bicyclic) bond motifs is 1. The van der Waals surface area contributed by atoms with Crippen LogP contribution in [0.4, 0.5) is 11.5 Å². The normalized spacial score (nSPS) is 19.5. The van der Waals surface area contributed by atoms with Crippen LogP contribution in [0.1, 0.15) is 12.0 Å². The van der Waals surface area contributed by atoms with Crippen molar-refractivity contribution in [3.05, 3.63) is 54.2 Å². The highest BCUT2D eigenvalue weighted by Crippen LogP contribution is 2.21. The summed E-state index contributed by atoms with van der Waals surface area (Å²) in [6.45, 7) is 7.15. The SMILES string of the molecule is c1ccc(N2CCN(CCN=C3CCNc4ccccc43)CC2)nc1. The molecule has 4 rings (SSSR count). The summed E-state index contributed by atoms with van der Waals surface area (Å²) >= 11 is 0. The van der Waals surface area contributed by atoms with Crippen LogP contribution < -0.4 is 10.2 Å². The maximum absolute atomic E-state index is 4.90. The van der Waals surface area contributed by atoms with Crippen LogP contribution in [0.2, 0.25) is 0 Å². The molecule has 1 fully saturated rings. The maximum Gasteiger partial charge on any atom is 0.128 e. The van der Waals surface area contributed by atoms with E-state index in [1.165, 1.54) is 17.0 Å². The predicted molar refractivity (Wildman–Crippen MR) is 104 cm³/mol. The molecule has 0 amide bonds. The number of anilines is 2. The van der Waals surface area contributed by atoms with Crippen molar-refractivity contribution in [2.75, 3.05) is 56.0 Å².